The number of nitrogens with zero attached hydrogens (tertiary/aromatic N) is 5. The van der Waals surface area contributed by atoms with Gasteiger partial charge in [-0.25, -0.2) is 9.97 Å². The molecule has 4 rings (SSSR count). The fourth-order valence-corrected chi connectivity index (χ4v) is 4.03. The summed E-state index contributed by atoms with van der Waals surface area (Å²) in [5, 5.41) is 16.3. The average molecular weight is 404 g/mol. The highest BCUT2D eigenvalue weighted by molar-refractivity contribution is 5.77. The Kier molecular flexibility index (Phi) is 5.99. The molecule has 2 aromatic heterocycles. The van der Waals surface area contributed by atoms with Crippen LogP contribution in [-0.2, 0) is 13.0 Å². The van der Waals surface area contributed by atoms with Crippen LogP contribution in [0.25, 0.3) is 11.0 Å². The Labute approximate surface area is 177 Å². The van der Waals surface area contributed by atoms with Crippen LogP contribution in [0.1, 0.15) is 38.7 Å². The zero-order chi connectivity index (χ0) is 21.9. The molecule has 7 heteroatoms. The van der Waals surface area contributed by atoms with Crippen LogP contribution in [0.2, 0.25) is 0 Å². The highest BCUT2D eigenvalue weighted by Crippen LogP contribution is 2.59. The van der Waals surface area contributed by atoms with E-state index < -0.39 is 0 Å². The molecule has 30 heavy (non-hydrogen) atoms. The maximum Gasteiger partial charge on any atom is 0.234 e. The molecule has 2 atom stereocenters. The number of nitrogens with one attached hydrogen (secondary N) is 1. The van der Waals surface area contributed by atoms with Gasteiger partial charge in [-0.1, -0.05) is 39.0 Å². The lowest BCUT2D eigenvalue weighted by Gasteiger charge is -2.23. The second-order valence-electron chi connectivity index (χ2n) is 9.18. The second-order valence-corrected chi connectivity index (χ2v) is 9.18. The van der Waals surface area contributed by atoms with Crippen LogP contribution in [0.3, 0.4) is 0 Å². The van der Waals surface area contributed by atoms with Crippen molar-refractivity contribution in [3.8, 4) is 6.07 Å². The molecule has 0 saturated heterocycles. The van der Waals surface area contributed by atoms with Gasteiger partial charge >= 0.3 is 0 Å². The first-order chi connectivity index (χ1) is 14.2. The Morgan fingerprint density at radius 3 is 2.80 bits per heavy atom. The Morgan fingerprint density at radius 1 is 1.50 bits per heavy atom. The number of aromatic nitrogens is 3. The number of nitriles is 1. The summed E-state index contributed by atoms with van der Waals surface area (Å²) in [5.74, 6) is 0.820. The van der Waals surface area contributed by atoms with Crippen LogP contribution in [0.15, 0.2) is 41.1 Å². The first-order valence-corrected chi connectivity index (χ1v) is 10.1. The van der Waals surface area contributed by atoms with Gasteiger partial charge in [0, 0.05) is 35.8 Å². The van der Waals surface area contributed by atoms with Crippen molar-refractivity contribution < 1.29 is 0 Å². The molecule has 0 amide bonds. The zero-order valence-electron chi connectivity index (χ0n) is 17.9. The standard InChI is InChI=1S/C21H25N5.C2H4N2/c1-20(2,3)13-26-17(7-15-12-24-18(11-23)25-19(15)26)9-21-5-4-14(10-22)6-16(21)8-21;1-4-2-3/h4-7,12,16H,8-10,13,22H2,1-3H3;2-3H,1H2. The van der Waals surface area contributed by atoms with Gasteiger partial charge < -0.3 is 10.3 Å². The van der Waals surface area contributed by atoms with Crippen molar-refractivity contribution in [3.05, 3.63) is 47.6 Å². The van der Waals surface area contributed by atoms with Crippen LogP contribution < -0.4 is 5.73 Å². The molecule has 0 aromatic carbocycles. The van der Waals surface area contributed by atoms with Gasteiger partial charge in [-0.3, -0.25) is 10.4 Å². The number of hydrogen-bond donors (Lipinski definition) is 2. The fourth-order valence-electron chi connectivity index (χ4n) is 4.03. The van der Waals surface area contributed by atoms with Gasteiger partial charge in [-0.05, 0) is 42.5 Å². The van der Waals surface area contributed by atoms with Crippen LogP contribution in [-0.4, -0.2) is 34.1 Å². The summed E-state index contributed by atoms with van der Waals surface area (Å²) in [6, 6.07) is 4.26. The Hall–Kier alpha value is -3.11. The number of allylic oxidation sites excluding steroid dienone is 2. The van der Waals surface area contributed by atoms with Crippen LogP contribution in [0, 0.1) is 33.5 Å². The third-order valence-corrected chi connectivity index (χ3v) is 5.51. The second kappa shape index (κ2) is 8.33. The molecule has 0 bridgehead atoms. The molecule has 2 aliphatic rings. The SMILES string of the molecule is C=NC=N.CC(C)(C)Cn1c(CC23C=CC(CN)=CC2C3)cc2cnc(C#N)nc21. The molecule has 2 unspecified atom stereocenters. The van der Waals surface area contributed by atoms with Crippen molar-refractivity contribution in [3.63, 3.8) is 0 Å². The lowest BCUT2D eigenvalue weighted by Crippen LogP contribution is -2.20. The van der Waals surface area contributed by atoms with Gasteiger partial charge in [-0.15, -0.1) is 0 Å². The minimum Gasteiger partial charge on any atom is -0.329 e. The van der Waals surface area contributed by atoms with Gasteiger partial charge in [0.1, 0.15) is 18.1 Å². The van der Waals surface area contributed by atoms with E-state index in [0.29, 0.717) is 12.5 Å². The Morgan fingerprint density at radius 2 is 2.23 bits per heavy atom. The topological polar surface area (TPSA) is 117 Å². The molecule has 2 aliphatic carbocycles. The molecule has 2 heterocycles. The smallest absolute Gasteiger partial charge is 0.234 e. The highest BCUT2D eigenvalue weighted by atomic mass is 15.1. The van der Waals surface area contributed by atoms with Crippen molar-refractivity contribution in [2.45, 2.75) is 40.2 Å². The third kappa shape index (κ3) is 4.55. The van der Waals surface area contributed by atoms with E-state index in [-0.39, 0.29) is 16.7 Å². The lowest BCUT2D eigenvalue weighted by molar-refractivity contribution is 0.340. The molecule has 3 N–H and O–H groups in total. The third-order valence-electron chi connectivity index (χ3n) is 5.51. The Bertz CT molecular complexity index is 1060. The summed E-state index contributed by atoms with van der Waals surface area (Å²) >= 11 is 0. The predicted molar refractivity (Wildman–Crippen MR) is 121 cm³/mol. The number of fused-ring (bicyclic) bond motifs is 2. The summed E-state index contributed by atoms with van der Waals surface area (Å²) in [6.07, 6.45) is 11.7. The van der Waals surface area contributed by atoms with Crippen LogP contribution in [0.4, 0.5) is 0 Å². The molecular weight excluding hydrogens is 374 g/mol. The van der Waals surface area contributed by atoms with Gasteiger partial charge in [0.2, 0.25) is 5.82 Å². The quantitative estimate of drug-likeness (QED) is 0.585. The first kappa shape index (κ1) is 21.6. The van der Waals surface area contributed by atoms with E-state index in [1.54, 1.807) is 6.20 Å². The molecule has 1 saturated carbocycles. The largest absolute Gasteiger partial charge is 0.329 e. The maximum absolute atomic E-state index is 9.17. The Balaban J connectivity index is 0.000000589. The van der Waals surface area contributed by atoms with Crippen LogP contribution >= 0.6 is 0 Å². The predicted octanol–water partition coefficient (Wildman–Crippen LogP) is 3.65. The van der Waals surface area contributed by atoms with Crippen molar-refractivity contribution in [2.75, 3.05) is 6.54 Å². The summed E-state index contributed by atoms with van der Waals surface area (Å²) < 4.78 is 2.29. The van der Waals surface area contributed by atoms with E-state index in [2.05, 4.69) is 77.4 Å². The molecule has 156 valence electrons. The summed E-state index contributed by atoms with van der Waals surface area (Å²) in [7, 11) is 0. The normalized spacial score (nSPS) is 21.7. The van der Waals surface area contributed by atoms with Crippen molar-refractivity contribution in [2.24, 2.45) is 27.5 Å². The van der Waals surface area contributed by atoms with Crippen molar-refractivity contribution >= 4 is 24.1 Å². The maximum atomic E-state index is 9.17. The fraction of sp³-hybridized carbons (Fsp3) is 0.435. The molecule has 0 radical (unpaired) electrons. The minimum absolute atomic E-state index is 0.119. The van der Waals surface area contributed by atoms with Crippen LogP contribution in [0.5, 0.6) is 0 Å². The number of aliphatic imine (C=N–C) groups is 1. The lowest BCUT2D eigenvalue weighted by atomic mass is 9.90. The first-order valence-electron chi connectivity index (χ1n) is 10.1. The molecule has 1 fully saturated rings. The summed E-state index contributed by atoms with van der Waals surface area (Å²) in [4.78, 5) is 11.7. The molecule has 0 aliphatic heterocycles. The summed E-state index contributed by atoms with van der Waals surface area (Å²) in [6.45, 7) is 11.1. The van der Waals surface area contributed by atoms with Gasteiger partial charge in [0.25, 0.3) is 0 Å². The van der Waals surface area contributed by atoms with E-state index in [4.69, 9.17) is 11.1 Å². The highest BCUT2D eigenvalue weighted by Gasteiger charge is 2.52. The number of nitrogens with two attached hydrogens (primary N) is 1. The van der Waals surface area contributed by atoms with E-state index >= 15 is 0 Å². The van der Waals surface area contributed by atoms with Gasteiger partial charge in [-0.2, -0.15) is 5.26 Å². The zero-order valence-corrected chi connectivity index (χ0v) is 17.9. The molecular formula is C23H29N7. The van der Waals surface area contributed by atoms with E-state index in [0.717, 1.165) is 30.3 Å². The average Bonchev–Trinajstić information content (AvgIpc) is 3.35. The number of rotatable bonds is 5. The summed E-state index contributed by atoms with van der Waals surface area (Å²) in [5.41, 5.74) is 9.50. The molecule has 2 aromatic rings. The van der Waals surface area contributed by atoms with Crippen molar-refractivity contribution in [1.29, 1.82) is 10.7 Å². The van der Waals surface area contributed by atoms with E-state index in [1.807, 2.05) is 0 Å². The minimum atomic E-state index is 0.119. The van der Waals surface area contributed by atoms with Gasteiger partial charge in [0.15, 0.2) is 0 Å². The molecule has 0 spiro atoms. The van der Waals surface area contributed by atoms with E-state index in [1.165, 1.54) is 17.7 Å². The van der Waals surface area contributed by atoms with Gasteiger partial charge in [0.05, 0.1) is 0 Å². The van der Waals surface area contributed by atoms with E-state index in [9.17, 15) is 5.26 Å². The monoisotopic (exact) mass is 403 g/mol. The van der Waals surface area contributed by atoms with Crippen molar-refractivity contribution in [1.82, 2.24) is 14.5 Å². The molecule has 7 nitrogen and oxygen atoms in total. The number of hydrogen-bond acceptors (Lipinski definition) is 5.